The normalized spacial score (nSPS) is 11.7. The topological polar surface area (TPSA) is 55.3 Å². The van der Waals surface area contributed by atoms with Crippen molar-refractivity contribution in [2.75, 3.05) is 4.90 Å². The second-order valence-corrected chi connectivity index (χ2v) is 10.7. The number of fused-ring (bicyclic) bond motifs is 6. The molecule has 0 amide bonds. The van der Waals surface area contributed by atoms with Crippen molar-refractivity contribution in [2.45, 2.75) is 0 Å². The number of aromatic nitrogens is 2. The highest BCUT2D eigenvalue weighted by Gasteiger charge is 2.22. The summed E-state index contributed by atoms with van der Waals surface area (Å²) in [6.45, 7) is 0. The number of pyridine rings is 1. The van der Waals surface area contributed by atoms with Gasteiger partial charge in [0, 0.05) is 23.0 Å². The van der Waals surface area contributed by atoms with Crippen molar-refractivity contribution in [3.05, 3.63) is 140 Å². The molecule has 0 N–H and O–H groups in total. The summed E-state index contributed by atoms with van der Waals surface area (Å²) >= 11 is 0. The first kappa shape index (κ1) is 23.7. The number of hydrogen-bond acceptors (Lipinski definition) is 5. The first-order chi connectivity index (χ1) is 21.3. The highest BCUT2D eigenvalue weighted by molar-refractivity contribution is 6.10. The summed E-state index contributed by atoms with van der Waals surface area (Å²) < 4.78 is 12.6. The third-order valence-corrected chi connectivity index (χ3v) is 8.12. The van der Waals surface area contributed by atoms with E-state index in [-0.39, 0.29) is 0 Å². The van der Waals surface area contributed by atoms with Gasteiger partial charge in [0.1, 0.15) is 22.5 Å². The highest BCUT2D eigenvalue weighted by Crippen LogP contribution is 2.39. The smallest absolute Gasteiger partial charge is 0.308 e. The maximum Gasteiger partial charge on any atom is 0.308 e. The zero-order valence-electron chi connectivity index (χ0n) is 22.9. The van der Waals surface area contributed by atoms with Crippen molar-refractivity contribution in [3.8, 4) is 11.1 Å². The second kappa shape index (κ2) is 9.29. The average molecular weight is 554 g/mol. The van der Waals surface area contributed by atoms with Crippen molar-refractivity contribution in [1.82, 2.24) is 9.97 Å². The predicted octanol–water partition coefficient (Wildman–Crippen LogP) is 10.6. The Morgan fingerprint density at radius 3 is 1.98 bits per heavy atom. The van der Waals surface area contributed by atoms with Crippen LogP contribution in [0.3, 0.4) is 0 Å². The Bertz CT molecular complexity index is 2440. The largest absolute Gasteiger partial charge is 0.456 e. The molecule has 0 atom stereocenters. The van der Waals surface area contributed by atoms with Gasteiger partial charge >= 0.3 is 6.01 Å². The molecule has 0 radical (unpaired) electrons. The van der Waals surface area contributed by atoms with Crippen LogP contribution in [0.5, 0.6) is 0 Å². The zero-order valence-corrected chi connectivity index (χ0v) is 22.9. The standard InChI is InChI=1S/C38H23N3O2/c1-2-8-26-19-29(14-13-24(26)7-1)25-15-17-30(18-16-25)41(38-40-33-11-5-6-12-34(33)43-38)37-22-36-32(23-39-37)31-20-27-9-3-4-10-28(27)21-35(31)42-36/h1-23H. The monoisotopic (exact) mass is 553 g/mol. The maximum atomic E-state index is 6.38. The van der Waals surface area contributed by atoms with Crippen LogP contribution < -0.4 is 4.90 Å². The number of benzene rings is 6. The first-order valence-electron chi connectivity index (χ1n) is 14.2. The molecule has 43 heavy (non-hydrogen) atoms. The number of rotatable bonds is 4. The lowest BCUT2D eigenvalue weighted by Gasteiger charge is -2.20. The minimum absolute atomic E-state index is 0.438. The first-order valence-corrected chi connectivity index (χ1v) is 14.2. The van der Waals surface area contributed by atoms with Crippen LogP contribution in [-0.4, -0.2) is 9.97 Å². The SMILES string of the molecule is c1ccc2cc(-c3ccc(N(c4cc5oc6cc7ccccc7cc6c5cn4)c4nc5ccccc5o4)cc3)ccc2c1. The molecule has 3 aromatic heterocycles. The lowest BCUT2D eigenvalue weighted by atomic mass is 10.0. The van der Waals surface area contributed by atoms with Crippen LogP contribution in [0.2, 0.25) is 0 Å². The Hall–Kier alpha value is -5.94. The fourth-order valence-electron chi connectivity index (χ4n) is 5.94. The van der Waals surface area contributed by atoms with E-state index in [0.717, 1.165) is 49.7 Å². The van der Waals surface area contributed by atoms with Gasteiger partial charge in [-0.05, 0) is 75.1 Å². The van der Waals surface area contributed by atoms with Gasteiger partial charge in [-0.2, -0.15) is 4.98 Å². The van der Waals surface area contributed by atoms with E-state index < -0.39 is 0 Å². The quantitative estimate of drug-likeness (QED) is 0.217. The van der Waals surface area contributed by atoms with Gasteiger partial charge in [0.15, 0.2) is 5.58 Å². The van der Waals surface area contributed by atoms with E-state index in [1.807, 2.05) is 47.5 Å². The summed E-state index contributed by atoms with van der Waals surface area (Å²) in [6.07, 6.45) is 1.88. The minimum Gasteiger partial charge on any atom is -0.456 e. The fraction of sp³-hybridized carbons (Fsp3) is 0. The Morgan fingerprint density at radius 2 is 1.16 bits per heavy atom. The maximum absolute atomic E-state index is 6.38. The van der Waals surface area contributed by atoms with Gasteiger partial charge in [-0.1, -0.05) is 84.9 Å². The minimum atomic E-state index is 0.438. The van der Waals surface area contributed by atoms with Crippen LogP contribution in [0.1, 0.15) is 0 Å². The van der Waals surface area contributed by atoms with Gasteiger partial charge in [0.25, 0.3) is 0 Å². The average Bonchev–Trinajstić information content (AvgIpc) is 3.64. The fourth-order valence-corrected chi connectivity index (χ4v) is 5.94. The number of oxazole rings is 1. The van der Waals surface area contributed by atoms with Crippen molar-refractivity contribution in [2.24, 2.45) is 0 Å². The van der Waals surface area contributed by atoms with E-state index in [2.05, 4.69) is 97.1 Å². The van der Waals surface area contributed by atoms with Crippen molar-refractivity contribution in [1.29, 1.82) is 0 Å². The van der Waals surface area contributed by atoms with Crippen molar-refractivity contribution >= 4 is 72.1 Å². The van der Waals surface area contributed by atoms with E-state index in [1.54, 1.807) is 0 Å². The van der Waals surface area contributed by atoms with E-state index >= 15 is 0 Å². The van der Waals surface area contributed by atoms with Gasteiger partial charge in [0.2, 0.25) is 0 Å². The zero-order chi connectivity index (χ0) is 28.3. The summed E-state index contributed by atoms with van der Waals surface area (Å²) in [6, 6.07) is 46.1. The molecule has 5 nitrogen and oxygen atoms in total. The number of furan rings is 1. The Morgan fingerprint density at radius 1 is 0.488 bits per heavy atom. The molecule has 0 unspecified atom stereocenters. The lowest BCUT2D eigenvalue weighted by Crippen LogP contribution is -2.11. The Balaban J connectivity index is 1.18. The van der Waals surface area contributed by atoms with Gasteiger partial charge in [-0.3, -0.25) is 0 Å². The van der Waals surface area contributed by atoms with Crippen LogP contribution in [0.15, 0.2) is 148 Å². The third-order valence-electron chi connectivity index (χ3n) is 8.12. The summed E-state index contributed by atoms with van der Waals surface area (Å²) in [5.41, 5.74) is 6.25. The van der Waals surface area contributed by atoms with Crippen LogP contribution in [-0.2, 0) is 0 Å². The van der Waals surface area contributed by atoms with Gasteiger partial charge in [-0.25, -0.2) is 9.88 Å². The van der Waals surface area contributed by atoms with Crippen LogP contribution in [0.25, 0.3) is 65.7 Å². The molecule has 0 aliphatic rings. The van der Waals surface area contributed by atoms with Crippen molar-refractivity contribution < 1.29 is 8.83 Å². The molecule has 0 saturated heterocycles. The van der Waals surface area contributed by atoms with Gasteiger partial charge < -0.3 is 8.83 Å². The molecule has 9 aromatic rings. The summed E-state index contributed by atoms with van der Waals surface area (Å²) in [4.78, 5) is 11.7. The predicted molar refractivity (Wildman–Crippen MR) is 174 cm³/mol. The molecule has 6 aromatic carbocycles. The molecule has 0 aliphatic carbocycles. The molecule has 3 heterocycles. The Labute approximate surface area is 246 Å². The van der Waals surface area contributed by atoms with Crippen LogP contribution in [0.4, 0.5) is 17.5 Å². The molecule has 0 saturated carbocycles. The summed E-state index contributed by atoms with van der Waals surface area (Å²) in [5.74, 6) is 0.654. The van der Waals surface area contributed by atoms with Gasteiger partial charge in [0.05, 0.1) is 5.69 Å². The van der Waals surface area contributed by atoms with E-state index in [9.17, 15) is 0 Å². The number of para-hydroxylation sites is 2. The van der Waals surface area contributed by atoms with E-state index in [0.29, 0.717) is 17.4 Å². The molecular weight excluding hydrogens is 530 g/mol. The van der Waals surface area contributed by atoms with Gasteiger partial charge in [-0.15, -0.1) is 0 Å². The van der Waals surface area contributed by atoms with Crippen LogP contribution >= 0.6 is 0 Å². The molecule has 0 fully saturated rings. The molecule has 0 bridgehead atoms. The molecule has 0 spiro atoms. The summed E-state index contributed by atoms with van der Waals surface area (Å²) in [7, 11) is 0. The summed E-state index contributed by atoms with van der Waals surface area (Å²) in [5, 5.41) is 6.76. The van der Waals surface area contributed by atoms with Crippen molar-refractivity contribution in [3.63, 3.8) is 0 Å². The van der Waals surface area contributed by atoms with E-state index in [1.165, 1.54) is 16.2 Å². The van der Waals surface area contributed by atoms with Crippen LogP contribution in [0, 0.1) is 0 Å². The number of hydrogen-bond donors (Lipinski definition) is 0. The second-order valence-electron chi connectivity index (χ2n) is 10.7. The molecular formula is C38H23N3O2. The Kier molecular flexibility index (Phi) is 5.13. The molecule has 5 heteroatoms. The molecule has 0 aliphatic heterocycles. The lowest BCUT2D eigenvalue weighted by molar-refractivity contribution is 0.607. The van der Waals surface area contributed by atoms with E-state index in [4.69, 9.17) is 18.8 Å². The molecule has 202 valence electrons. The third kappa shape index (κ3) is 3.94. The molecule has 9 rings (SSSR count). The number of anilines is 3. The number of nitrogens with zero attached hydrogens (tertiary/aromatic N) is 3. The highest BCUT2D eigenvalue weighted by atomic mass is 16.4.